The molecule has 5 heteroatoms. The Morgan fingerprint density at radius 3 is 2.75 bits per heavy atom. The van der Waals surface area contributed by atoms with Crippen LogP contribution in [0.4, 0.5) is 5.69 Å². The first-order valence-corrected chi connectivity index (χ1v) is 6.56. The van der Waals surface area contributed by atoms with Crippen LogP contribution in [0.25, 0.3) is 0 Å². The number of amides is 2. The van der Waals surface area contributed by atoms with Gasteiger partial charge in [-0.3, -0.25) is 9.59 Å². The van der Waals surface area contributed by atoms with Gasteiger partial charge >= 0.3 is 11.8 Å². The van der Waals surface area contributed by atoms with Crippen molar-refractivity contribution in [2.45, 2.75) is 19.4 Å². The molecule has 106 valence electrons. The summed E-state index contributed by atoms with van der Waals surface area (Å²) in [5, 5.41) is 14.2. The quantitative estimate of drug-likeness (QED) is 0.568. The molecule has 2 rings (SSSR count). The summed E-state index contributed by atoms with van der Waals surface area (Å²) in [5.74, 6) is -1.30. The molecule has 0 unspecified atom stereocenters. The Balaban J connectivity index is 1.87. The molecule has 5 nitrogen and oxygen atoms in total. The third-order valence-electron chi connectivity index (χ3n) is 3.21. The van der Waals surface area contributed by atoms with Gasteiger partial charge in [0.2, 0.25) is 0 Å². The molecule has 1 aliphatic carbocycles. The number of rotatable bonds is 3. The number of hydrogen-bond acceptors (Lipinski definition) is 3. The highest BCUT2D eigenvalue weighted by Gasteiger charge is 2.22. The van der Waals surface area contributed by atoms with Crippen LogP contribution >= 0.6 is 0 Å². The summed E-state index contributed by atoms with van der Waals surface area (Å²) in [6, 6.07) is 7.06. The van der Waals surface area contributed by atoms with Crippen molar-refractivity contribution in [3.63, 3.8) is 0 Å². The summed E-state index contributed by atoms with van der Waals surface area (Å²) in [5.41, 5.74) is 1.60. The van der Waals surface area contributed by atoms with Gasteiger partial charge in [-0.25, -0.2) is 0 Å². The van der Waals surface area contributed by atoms with Crippen LogP contribution in [0.5, 0.6) is 0 Å². The topological polar surface area (TPSA) is 78.4 Å². The minimum absolute atomic E-state index is 0.0539. The van der Waals surface area contributed by atoms with Crippen molar-refractivity contribution < 1.29 is 14.7 Å². The van der Waals surface area contributed by atoms with E-state index in [9.17, 15) is 9.59 Å². The molecule has 0 saturated heterocycles. The Hall–Kier alpha value is -2.14. The van der Waals surface area contributed by atoms with E-state index in [0.717, 1.165) is 5.56 Å². The van der Waals surface area contributed by atoms with Crippen LogP contribution in [0.2, 0.25) is 0 Å². The van der Waals surface area contributed by atoms with Crippen LogP contribution in [0.15, 0.2) is 36.4 Å². The molecule has 3 N–H and O–H groups in total. The SMILES string of the molecule is Cc1cccc(NC(=O)C(=O)N[C@@H]2C=C[C@H](CO)C2)c1. The van der Waals surface area contributed by atoms with Crippen LogP contribution in [0.1, 0.15) is 12.0 Å². The fourth-order valence-corrected chi connectivity index (χ4v) is 2.16. The van der Waals surface area contributed by atoms with Crippen molar-refractivity contribution in [1.82, 2.24) is 5.32 Å². The molecule has 0 aromatic heterocycles. The number of benzene rings is 1. The predicted molar refractivity (Wildman–Crippen MR) is 76.1 cm³/mol. The molecule has 20 heavy (non-hydrogen) atoms. The smallest absolute Gasteiger partial charge is 0.313 e. The van der Waals surface area contributed by atoms with Crippen molar-refractivity contribution in [3.8, 4) is 0 Å². The van der Waals surface area contributed by atoms with E-state index in [2.05, 4.69) is 10.6 Å². The second kappa shape index (κ2) is 6.34. The van der Waals surface area contributed by atoms with E-state index in [-0.39, 0.29) is 18.6 Å². The minimum atomic E-state index is -0.684. The standard InChI is InChI=1S/C15H18N2O3/c1-10-3-2-4-12(7-10)16-14(19)15(20)17-13-6-5-11(8-13)9-18/h2-7,11,13,18H,8-9H2,1H3,(H,16,19)(H,17,20)/t11-,13+/m0/s1. The zero-order valence-corrected chi connectivity index (χ0v) is 11.3. The van der Waals surface area contributed by atoms with Gasteiger partial charge in [0.15, 0.2) is 0 Å². The first-order valence-electron chi connectivity index (χ1n) is 6.56. The Bertz CT molecular complexity index is 540. The van der Waals surface area contributed by atoms with Crippen LogP contribution in [0.3, 0.4) is 0 Å². The maximum atomic E-state index is 11.8. The zero-order chi connectivity index (χ0) is 14.5. The number of carbonyl (C=O) groups is 2. The molecule has 0 spiro atoms. The normalized spacial score (nSPS) is 20.7. The van der Waals surface area contributed by atoms with Gasteiger partial charge in [-0.05, 0) is 31.0 Å². The molecular weight excluding hydrogens is 256 g/mol. The summed E-state index contributed by atoms with van der Waals surface area (Å²) in [4.78, 5) is 23.5. The highest BCUT2D eigenvalue weighted by atomic mass is 16.3. The van der Waals surface area contributed by atoms with Crippen molar-refractivity contribution >= 4 is 17.5 Å². The lowest BCUT2D eigenvalue weighted by molar-refractivity contribution is -0.136. The minimum Gasteiger partial charge on any atom is -0.396 e. The lowest BCUT2D eigenvalue weighted by Crippen LogP contribution is -2.40. The summed E-state index contributed by atoms with van der Waals surface area (Å²) < 4.78 is 0. The maximum Gasteiger partial charge on any atom is 0.313 e. The maximum absolute atomic E-state index is 11.8. The number of carbonyl (C=O) groups excluding carboxylic acids is 2. The fraction of sp³-hybridized carbons (Fsp3) is 0.333. The van der Waals surface area contributed by atoms with Gasteiger partial charge in [-0.1, -0.05) is 24.3 Å². The molecular formula is C15H18N2O3. The molecule has 0 fully saturated rings. The number of hydrogen-bond donors (Lipinski definition) is 3. The van der Waals surface area contributed by atoms with Crippen LogP contribution < -0.4 is 10.6 Å². The summed E-state index contributed by atoms with van der Waals surface area (Å²) in [6.45, 7) is 1.96. The zero-order valence-electron chi connectivity index (χ0n) is 11.3. The molecule has 0 radical (unpaired) electrons. The lowest BCUT2D eigenvalue weighted by Gasteiger charge is -2.12. The predicted octanol–water partition coefficient (Wildman–Crippen LogP) is 0.987. The van der Waals surface area contributed by atoms with E-state index in [1.807, 2.05) is 25.1 Å². The average molecular weight is 274 g/mol. The first kappa shape index (κ1) is 14.3. The number of aliphatic hydroxyl groups is 1. The highest BCUT2D eigenvalue weighted by molar-refractivity contribution is 6.39. The lowest BCUT2D eigenvalue weighted by atomic mass is 10.1. The Morgan fingerprint density at radius 1 is 1.30 bits per heavy atom. The van der Waals surface area contributed by atoms with Gasteiger partial charge in [-0.2, -0.15) is 0 Å². The summed E-state index contributed by atoms with van der Waals surface area (Å²) >= 11 is 0. The molecule has 1 aromatic rings. The van der Waals surface area contributed by atoms with Crippen LogP contribution in [-0.4, -0.2) is 29.6 Å². The number of aliphatic hydroxyl groups excluding tert-OH is 1. The van der Waals surface area contributed by atoms with Gasteiger partial charge in [0.25, 0.3) is 0 Å². The molecule has 2 amide bonds. The molecule has 1 aromatic carbocycles. The summed E-state index contributed by atoms with van der Waals surface area (Å²) in [7, 11) is 0. The van der Waals surface area contributed by atoms with Gasteiger partial charge in [0, 0.05) is 24.3 Å². The van der Waals surface area contributed by atoms with Crippen LogP contribution in [-0.2, 0) is 9.59 Å². The van der Waals surface area contributed by atoms with Gasteiger partial charge in [0.1, 0.15) is 0 Å². The van der Waals surface area contributed by atoms with E-state index in [4.69, 9.17) is 5.11 Å². The number of aryl methyl sites for hydroxylation is 1. The van der Waals surface area contributed by atoms with Gasteiger partial charge in [-0.15, -0.1) is 0 Å². The van der Waals surface area contributed by atoms with Crippen molar-refractivity contribution in [2.75, 3.05) is 11.9 Å². The van der Waals surface area contributed by atoms with Gasteiger partial charge in [0.05, 0.1) is 0 Å². The average Bonchev–Trinajstić information content (AvgIpc) is 2.86. The third kappa shape index (κ3) is 3.68. The van der Waals surface area contributed by atoms with E-state index < -0.39 is 11.8 Å². The van der Waals surface area contributed by atoms with Crippen molar-refractivity contribution in [3.05, 3.63) is 42.0 Å². The van der Waals surface area contributed by atoms with Crippen molar-refractivity contribution in [2.24, 2.45) is 5.92 Å². The Morgan fingerprint density at radius 2 is 2.10 bits per heavy atom. The summed E-state index contributed by atoms with van der Waals surface area (Å²) in [6.07, 6.45) is 4.28. The fourth-order valence-electron chi connectivity index (χ4n) is 2.16. The van der Waals surface area contributed by atoms with E-state index >= 15 is 0 Å². The molecule has 2 atom stereocenters. The Kier molecular flexibility index (Phi) is 4.53. The Labute approximate surface area is 117 Å². The molecule has 1 aliphatic rings. The molecule has 0 aliphatic heterocycles. The molecule has 0 heterocycles. The second-order valence-electron chi connectivity index (χ2n) is 4.97. The van der Waals surface area contributed by atoms with E-state index in [1.54, 1.807) is 18.2 Å². The number of anilines is 1. The van der Waals surface area contributed by atoms with Crippen LogP contribution in [0, 0.1) is 12.8 Å². The van der Waals surface area contributed by atoms with Crippen molar-refractivity contribution in [1.29, 1.82) is 0 Å². The van der Waals surface area contributed by atoms with Gasteiger partial charge < -0.3 is 15.7 Å². The van der Waals surface area contributed by atoms with E-state index in [1.165, 1.54) is 0 Å². The molecule has 0 bridgehead atoms. The molecule has 0 saturated carbocycles. The largest absolute Gasteiger partial charge is 0.396 e. The monoisotopic (exact) mass is 274 g/mol. The second-order valence-corrected chi connectivity index (χ2v) is 4.97. The van der Waals surface area contributed by atoms with E-state index in [0.29, 0.717) is 12.1 Å². The number of nitrogens with one attached hydrogen (secondary N) is 2. The first-order chi connectivity index (χ1) is 9.58. The highest BCUT2D eigenvalue weighted by Crippen LogP contribution is 2.17. The third-order valence-corrected chi connectivity index (χ3v) is 3.21.